The van der Waals surface area contributed by atoms with E-state index in [4.69, 9.17) is 17.3 Å². The van der Waals surface area contributed by atoms with Gasteiger partial charge in [0, 0.05) is 21.5 Å². The molecule has 2 aromatic rings. The fourth-order valence-electron chi connectivity index (χ4n) is 2.73. The minimum absolute atomic E-state index is 0.230. The van der Waals surface area contributed by atoms with Gasteiger partial charge < -0.3 is 11.1 Å². The molecule has 2 aromatic carbocycles. The van der Waals surface area contributed by atoms with Crippen molar-refractivity contribution in [2.75, 3.05) is 11.1 Å². The van der Waals surface area contributed by atoms with Gasteiger partial charge in [0.15, 0.2) is 0 Å². The average molecular weight is 347 g/mol. The molecule has 1 fully saturated rings. The largest absolute Gasteiger partial charge is 0.399 e. The number of amides is 1. The van der Waals surface area contributed by atoms with Crippen LogP contribution in [-0.2, 0) is 0 Å². The van der Waals surface area contributed by atoms with Gasteiger partial charge in [-0.3, -0.25) is 4.79 Å². The molecule has 0 atom stereocenters. The van der Waals surface area contributed by atoms with Crippen molar-refractivity contribution in [2.24, 2.45) is 0 Å². The van der Waals surface area contributed by atoms with E-state index in [9.17, 15) is 4.79 Å². The van der Waals surface area contributed by atoms with Crippen molar-refractivity contribution in [3.8, 4) is 0 Å². The van der Waals surface area contributed by atoms with E-state index in [1.807, 2.05) is 23.9 Å². The third-order valence-electron chi connectivity index (χ3n) is 3.95. The van der Waals surface area contributed by atoms with Crippen molar-refractivity contribution in [2.45, 2.75) is 35.8 Å². The van der Waals surface area contributed by atoms with Crippen LogP contribution in [0, 0.1) is 0 Å². The zero-order chi connectivity index (χ0) is 16.2. The minimum Gasteiger partial charge on any atom is -0.399 e. The van der Waals surface area contributed by atoms with E-state index in [-0.39, 0.29) is 5.91 Å². The van der Waals surface area contributed by atoms with Crippen LogP contribution < -0.4 is 11.1 Å². The highest BCUT2D eigenvalue weighted by molar-refractivity contribution is 8.00. The molecule has 120 valence electrons. The Morgan fingerprint density at radius 3 is 2.48 bits per heavy atom. The molecule has 1 aliphatic rings. The lowest BCUT2D eigenvalue weighted by Gasteiger charge is -2.10. The molecule has 5 heteroatoms. The first-order valence-corrected chi connectivity index (χ1v) is 9.01. The normalized spacial score (nSPS) is 14.8. The van der Waals surface area contributed by atoms with Gasteiger partial charge in [-0.05, 0) is 55.3 Å². The summed E-state index contributed by atoms with van der Waals surface area (Å²) in [4.78, 5) is 13.5. The molecule has 0 heterocycles. The number of halogens is 1. The summed E-state index contributed by atoms with van der Waals surface area (Å²) in [5.41, 5.74) is 7.37. The Morgan fingerprint density at radius 2 is 1.83 bits per heavy atom. The lowest BCUT2D eigenvalue weighted by molar-refractivity contribution is 0.102. The predicted molar refractivity (Wildman–Crippen MR) is 98.4 cm³/mol. The van der Waals surface area contributed by atoms with Crippen molar-refractivity contribution >= 4 is 40.6 Å². The van der Waals surface area contributed by atoms with E-state index in [2.05, 4.69) is 17.4 Å². The lowest BCUT2D eigenvalue weighted by Crippen LogP contribution is -2.12. The van der Waals surface area contributed by atoms with Gasteiger partial charge >= 0.3 is 0 Å². The van der Waals surface area contributed by atoms with E-state index >= 15 is 0 Å². The molecule has 3 nitrogen and oxygen atoms in total. The Balaban J connectivity index is 1.64. The number of benzene rings is 2. The standard InChI is InChI=1S/C18H19ClN2OS/c19-17-11-12(20)5-10-16(17)18(22)21-13-6-8-15(9-7-13)23-14-3-1-2-4-14/h5-11,14H,1-4,20H2,(H,21,22). The van der Waals surface area contributed by atoms with E-state index in [1.54, 1.807) is 18.2 Å². The molecule has 0 saturated heterocycles. The molecule has 23 heavy (non-hydrogen) atoms. The molecule has 3 N–H and O–H groups in total. The first-order valence-electron chi connectivity index (χ1n) is 7.75. The molecule has 0 bridgehead atoms. The van der Waals surface area contributed by atoms with Crippen LogP contribution in [0.15, 0.2) is 47.4 Å². The van der Waals surface area contributed by atoms with Crippen LogP contribution in [0.25, 0.3) is 0 Å². The maximum absolute atomic E-state index is 12.3. The third-order valence-corrected chi connectivity index (χ3v) is 5.62. The maximum Gasteiger partial charge on any atom is 0.257 e. The number of nitrogens with two attached hydrogens (primary N) is 1. The van der Waals surface area contributed by atoms with Gasteiger partial charge in [0.25, 0.3) is 5.91 Å². The molecule has 1 aliphatic carbocycles. The van der Waals surface area contributed by atoms with Gasteiger partial charge in [-0.25, -0.2) is 0 Å². The van der Waals surface area contributed by atoms with Gasteiger partial charge in [0.2, 0.25) is 0 Å². The quantitative estimate of drug-likeness (QED) is 0.747. The molecule has 1 amide bonds. The highest BCUT2D eigenvalue weighted by atomic mass is 35.5. The van der Waals surface area contributed by atoms with Crippen LogP contribution in [0.1, 0.15) is 36.0 Å². The third kappa shape index (κ3) is 4.21. The number of carbonyl (C=O) groups excluding carboxylic acids is 1. The second-order valence-corrected chi connectivity index (χ2v) is 7.52. The van der Waals surface area contributed by atoms with Crippen LogP contribution in [0.4, 0.5) is 11.4 Å². The highest BCUT2D eigenvalue weighted by Crippen LogP contribution is 2.35. The number of hydrogen-bond acceptors (Lipinski definition) is 3. The summed E-state index contributed by atoms with van der Waals surface area (Å²) in [5, 5.41) is 3.96. The SMILES string of the molecule is Nc1ccc(C(=O)Nc2ccc(SC3CCCC3)cc2)c(Cl)c1. The Kier molecular flexibility index (Phi) is 5.13. The van der Waals surface area contributed by atoms with Crippen molar-refractivity contribution in [1.82, 2.24) is 0 Å². The van der Waals surface area contributed by atoms with Crippen molar-refractivity contribution in [1.29, 1.82) is 0 Å². The van der Waals surface area contributed by atoms with Crippen molar-refractivity contribution in [3.05, 3.63) is 53.1 Å². The van der Waals surface area contributed by atoms with Crippen LogP contribution in [-0.4, -0.2) is 11.2 Å². The summed E-state index contributed by atoms with van der Waals surface area (Å²) in [6.07, 6.45) is 5.29. The molecular weight excluding hydrogens is 328 g/mol. The minimum atomic E-state index is -0.230. The summed E-state index contributed by atoms with van der Waals surface area (Å²) in [6.45, 7) is 0. The number of rotatable bonds is 4. The van der Waals surface area contributed by atoms with Crippen LogP contribution >= 0.6 is 23.4 Å². The smallest absolute Gasteiger partial charge is 0.257 e. The number of carbonyl (C=O) groups is 1. The molecule has 0 radical (unpaired) electrons. The molecule has 1 saturated carbocycles. The first kappa shape index (κ1) is 16.2. The van der Waals surface area contributed by atoms with Crippen LogP contribution in [0.5, 0.6) is 0 Å². The molecule has 3 rings (SSSR count). The summed E-state index contributed by atoms with van der Waals surface area (Å²) in [6, 6.07) is 12.9. The number of hydrogen-bond donors (Lipinski definition) is 2. The Labute approximate surface area is 145 Å². The lowest BCUT2D eigenvalue weighted by atomic mass is 10.2. The maximum atomic E-state index is 12.3. The van der Waals surface area contributed by atoms with E-state index in [1.165, 1.54) is 30.6 Å². The predicted octanol–water partition coefficient (Wildman–Crippen LogP) is 5.21. The topological polar surface area (TPSA) is 55.1 Å². The fourth-order valence-corrected chi connectivity index (χ4v) is 4.25. The van der Waals surface area contributed by atoms with E-state index in [0.717, 1.165) is 10.9 Å². The van der Waals surface area contributed by atoms with Crippen LogP contribution in [0.2, 0.25) is 5.02 Å². The summed E-state index contributed by atoms with van der Waals surface area (Å²) < 4.78 is 0. The molecule has 0 unspecified atom stereocenters. The molecule has 0 spiro atoms. The number of nitrogens with one attached hydrogen (secondary N) is 1. The van der Waals surface area contributed by atoms with Crippen molar-refractivity contribution in [3.63, 3.8) is 0 Å². The van der Waals surface area contributed by atoms with E-state index in [0.29, 0.717) is 16.3 Å². The second-order valence-electron chi connectivity index (χ2n) is 5.74. The van der Waals surface area contributed by atoms with Gasteiger partial charge in [-0.2, -0.15) is 0 Å². The zero-order valence-corrected chi connectivity index (χ0v) is 14.3. The van der Waals surface area contributed by atoms with Crippen LogP contribution in [0.3, 0.4) is 0 Å². The van der Waals surface area contributed by atoms with Gasteiger partial charge in [-0.15, -0.1) is 11.8 Å². The number of anilines is 2. The van der Waals surface area contributed by atoms with Gasteiger partial charge in [-0.1, -0.05) is 24.4 Å². The molecule has 0 aromatic heterocycles. The Bertz CT molecular complexity index is 697. The van der Waals surface area contributed by atoms with E-state index < -0.39 is 0 Å². The summed E-state index contributed by atoms with van der Waals surface area (Å²) in [5.74, 6) is -0.230. The van der Waals surface area contributed by atoms with Gasteiger partial charge in [0.05, 0.1) is 10.6 Å². The summed E-state index contributed by atoms with van der Waals surface area (Å²) >= 11 is 8.00. The Morgan fingerprint density at radius 1 is 1.13 bits per heavy atom. The second kappa shape index (κ2) is 7.28. The van der Waals surface area contributed by atoms with Crippen molar-refractivity contribution < 1.29 is 4.79 Å². The number of nitrogen functional groups attached to an aromatic ring is 1. The molecular formula is C18H19ClN2OS. The first-order chi connectivity index (χ1) is 11.1. The zero-order valence-electron chi connectivity index (χ0n) is 12.7. The monoisotopic (exact) mass is 346 g/mol. The fraction of sp³-hybridized carbons (Fsp3) is 0.278. The highest BCUT2D eigenvalue weighted by Gasteiger charge is 2.16. The molecule has 0 aliphatic heterocycles. The Hall–Kier alpha value is -1.65. The van der Waals surface area contributed by atoms with Gasteiger partial charge in [0.1, 0.15) is 0 Å². The average Bonchev–Trinajstić information content (AvgIpc) is 3.02. The number of thioether (sulfide) groups is 1. The summed E-state index contributed by atoms with van der Waals surface area (Å²) in [7, 11) is 0.